The smallest absolute Gasteiger partial charge is 0.323 e. The van der Waals surface area contributed by atoms with Crippen LogP contribution in [0.2, 0.25) is 0 Å². The van der Waals surface area contributed by atoms with E-state index in [2.05, 4.69) is 0 Å². The molecule has 0 aliphatic carbocycles. The predicted octanol–water partition coefficient (Wildman–Crippen LogP) is 2.47. The number of carbonyl (C=O) groups excluding carboxylic acids is 1. The van der Waals surface area contributed by atoms with Crippen molar-refractivity contribution in [3.63, 3.8) is 0 Å². The molecule has 0 aliphatic heterocycles. The number of carbonyl (C=O) groups is 2. The molecule has 0 aromatic carbocycles. The van der Waals surface area contributed by atoms with Crippen LogP contribution in [0, 0.1) is 11.3 Å². The van der Waals surface area contributed by atoms with E-state index in [9.17, 15) is 14.7 Å². The molecule has 4 nitrogen and oxygen atoms in total. The Kier molecular flexibility index (Phi) is 6.08. The van der Waals surface area contributed by atoms with E-state index in [0.29, 0.717) is 6.42 Å². The van der Waals surface area contributed by atoms with Crippen molar-refractivity contribution in [1.29, 1.82) is 0 Å². The van der Waals surface area contributed by atoms with Gasteiger partial charge in [-0.25, -0.2) is 0 Å². The first-order valence-corrected chi connectivity index (χ1v) is 5.87. The summed E-state index contributed by atoms with van der Waals surface area (Å²) < 4.78 is 4.91. The lowest BCUT2D eigenvalue weighted by Crippen LogP contribution is -2.45. The van der Waals surface area contributed by atoms with Gasteiger partial charge in [0.2, 0.25) is 0 Å². The van der Waals surface area contributed by atoms with Crippen LogP contribution in [0.25, 0.3) is 0 Å². The highest BCUT2D eigenvalue weighted by molar-refractivity contribution is 5.99. The quantitative estimate of drug-likeness (QED) is 0.539. The summed E-state index contributed by atoms with van der Waals surface area (Å²) >= 11 is 0. The number of esters is 1. The van der Waals surface area contributed by atoms with Gasteiger partial charge < -0.3 is 9.84 Å². The Morgan fingerprint density at radius 3 is 2.19 bits per heavy atom. The zero-order valence-electron chi connectivity index (χ0n) is 10.6. The average Bonchev–Trinajstić information content (AvgIpc) is 2.19. The predicted molar refractivity (Wildman–Crippen MR) is 61.1 cm³/mol. The number of hydrogen-bond donors (Lipinski definition) is 1. The topological polar surface area (TPSA) is 63.6 Å². The summed E-state index contributed by atoms with van der Waals surface area (Å²) in [6, 6.07) is 0. The van der Waals surface area contributed by atoms with E-state index in [4.69, 9.17) is 4.74 Å². The minimum absolute atomic E-state index is 0.209. The Morgan fingerprint density at radius 2 is 1.88 bits per heavy atom. The molecule has 16 heavy (non-hydrogen) atoms. The van der Waals surface area contributed by atoms with E-state index in [1.165, 1.54) is 0 Å². The first-order valence-electron chi connectivity index (χ1n) is 5.87. The van der Waals surface area contributed by atoms with Gasteiger partial charge in [0, 0.05) is 0 Å². The number of carboxylic acids is 1. The highest BCUT2D eigenvalue weighted by atomic mass is 16.5. The third-order valence-electron chi connectivity index (χ3n) is 3.14. The summed E-state index contributed by atoms with van der Waals surface area (Å²) in [5.41, 5.74) is -1.38. The van der Waals surface area contributed by atoms with Crippen LogP contribution in [0.15, 0.2) is 0 Å². The first kappa shape index (κ1) is 14.9. The highest BCUT2D eigenvalue weighted by Crippen LogP contribution is 2.36. The third kappa shape index (κ3) is 2.74. The molecule has 0 radical (unpaired) electrons. The molecule has 0 rings (SSSR count). The Hall–Kier alpha value is -1.06. The van der Waals surface area contributed by atoms with Crippen LogP contribution in [0.1, 0.15) is 47.0 Å². The molecule has 0 saturated carbocycles. The van der Waals surface area contributed by atoms with Crippen LogP contribution in [-0.2, 0) is 14.3 Å². The summed E-state index contributed by atoms with van der Waals surface area (Å²) in [7, 11) is 0. The van der Waals surface area contributed by atoms with Gasteiger partial charge in [-0.1, -0.05) is 27.2 Å². The molecule has 1 N–H and O–H groups in total. The lowest BCUT2D eigenvalue weighted by Gasteiger charge is -2.31. The number of rotatable bonds is 7. The number of hydrogen-bond acceptors (Lipinski definition) is 3. The van der Waals surface area contributed by atoms with Gasteiger partial charge in [0.1, 0.15) is 0 Å². The van der Waals surface area contributed by atoms with E-state index >= 15 is 0 Å². The van der Waals surface area contributed by atoms with Crippen molar-refractivity contribution < 1.29 is 19.4 Å². The summed E-state index contributed by atoms with van der Waals surface area (Å²) in [6.45, 7) is 7.40. The van der Waals surface area contributed by atoms with Crippen LogP contribution in [0.4, 0.5) is 0 Å². The lowest BCUT2D eigenvalue weighted by atomic mass is 9.72. The summed E-state index contributed by atoms with van der Waals surface area (Å²) in [5, 5.41) is 9.32. The second-order valence-corrected chi connectivity index (χ2v) is 4.04. The van der Waals surface area contributed by atoms with Gasteiger partial charge in [-0.15, -0.1) is 0 Å². The average molecular weight is 230 g/mol. The fourth-order valence-electron chi connectivity index (χ4n) is 2.08. The maximum atomic E-state index is 11.9. The Labute approximate surface area is 97.0 Å². The molecule has 0 saturated heterocycles. The molecule has 2 atom stereocenters. The molecule has 0 heterocycles. The number of aliphatic carboxylic acids is 1. The molecule has 0 amide bonds. The molecular weight excluding hydrogens is 208 g/mol. The zero-order valence-corrected chi connectivity index (χ0v) is 10.6. The normalized spacial score (nSPS) is 16.2. The molecule has 0 bridgehead atoms. The Bertz CT molecular complexity index is 249. The fourth-order valence-corrected chi connectivity index (χ4v) is 2.08. The van der Waals surface area contributed by atoms with Crippen molar-refractivity contribution in [2.75, 3.05) is 6.61 Å². The molecule has 0 aromatic rings. The van der Waals surface area contributed by atoms with Crippen molar-refractivity contribution in [3.05, 3.63) is 0 Å². The second-order valence-electron chi connectivity index (χ2n) is 4.04. The minimum atomic E-state index is -1.38. The van der Waals surface area contributed by atoms with E-state index < -0.39 is 17.4 Å². The lowest BCUT2D eigenvalue weighted by molar-refractivity contribution is -0.173. The zero-order chi connectivity index (χ0) is 12.8. The van der Waals surface area contributed by atoms with Gasteiger partial charge in [0.05, 0.1) is 6.61 Å². The van der Waals surface area contributed by atoms with Gasteiger partial charge in [-0.3, -0.25) is 9.59 Å². The molecule has 0 aliphatic rings. The maximum Gasteiger partial charge on any atom is 0.323 e. The molecule has 0 unspecified atom stereocenters. The van der Waals surface area contributed by atoms with E-state index in [1.54, 1.807) is 20.8 Å². The number of carboxylic acid groups (broad SMARTS) is 1. The summed E-state index contributed by atoms with van der Waals surface area (Å²) in [6.07, 6.45) is 1.83. The SMILES string of the molecule is CCC[C@@H](C)[C@@](CC)(C(=O)O)C(=O)OCC. The van der Waals surface area contributed by atoms with Crippen LogP contribution in [0.3, 0.4) is 0 Å². The molecule has 94 valence electrons. The Balaban J connectivity index is 5.14. The van der Waals surface area contributed by atoms with Crippen molar-refractivity contribution in [2.45, 2.75) is 47.0 Å². The monoisotopic (exact) mass is 230 g/mol. The first-order chi connectivity index (χ1) is 7.47. The van der Waals surface area contributed by atoms with Gasteiger partial charge in [0.15, 0.2) is 5.41 Å². The summed E-state index contributed by atoms with van der Waals surface area (Å²) in [4.78, 5) is 23.2. The summed E-state index contributed by atoms with van der Waals surface area (Å²) in [5.74, 6) is -1.89. The van der Waals surface area contributed by atoms with Crippen molar-refractivity contribution in [2.24, 2.45) is 11.3 Å². The van der Waals surface area contributed by atoms with E-state index in [0.717, 1.165) is 6.42 Å². The minimum Gasteiger partial charge on any atom is -0.480 e. The van der Waals surface area contributed by atoms with Gasteiger partial charge in [-0.2, -0.15) is 0 Å². The van der Waals surface area contributed by atoms with Gasteiger partial charge >= 0.3 is 11.9 Å². The molecule has 4 heteroatoms. The van der Waals surface area contributed by atoms with Crippen molar-refractivity contribution >= 4 is 11.9 Å². The van der Waals surface area contributed by atoms with Crippen LogP contribution >= 0.6 is 0 Å². The van der Waals surface area contributed by atoms with E-state index in [1.807, 2.05) is 6.92 Å². The fraction of sp³-hybridized carbons (Fsp3) is 0.833. The molecule has 0 fully saturated rings. The standard InChI is InChI=1S/C12H22O4/c1-5-8-9(4)12(6-2,10(13)14)11(15)16-7-3/h9H,5-8H2,1-4H3,(H,13,14)/t9-,12+/m1/s1. The largest absolute Gasteiger partial charge is 0.480 e. The number of ether oxygens (including phenoxy) is 1. The molecule has 0 aromatic heterocycles. The van der Waals surface area contributed by atoms with Crippen LogP contribution in [-0.4, -0.2) is 23.7 Å². The van der Waals surface area contributed by atoms with Crippen LogP contribution < -0.4 is 0 Å². The third-order valence-corrected chi connectivity index (χ3v) is 3.14. The van der Waals surface area contributed by atoms with Crippen molar-refractivity contribution in [3.8, 4) is 0 Å². The van der Waals surface area contributed by atoms with Crippen molar-refractivity contribution in [1.82, 2.24) is 0 Å². The van der Waals surface area contributed by atoms with Crippen LogP contribution in [0.5, 0.6) is 0 Å². The molecule has 0 spiro atoms. The maximum absolute atomic E-state index is 11.9. The van der Waals surface area contributed by atoms with Gasteiger partial charge in [0.25, 0.3) is 0 Å². The van der Waals surface area contributed by atoms with Gasteiger partial charge in [-0.05, 0) is 25.7 Å². The molecular formula is C12H22O4. The Morgan fingerprint density at radius 1 is 1.31 bits per heavy atom. The highest BCUT2D eigenvalue weighted by Gasteiger charge is 2.50. The van der Waals surface area contributed by atoms with E-state index in [-0.39, 0.29) is 18.9 Å². The second kappa shape index (κ2) is 6.51.